The van der Waals surface area contributed by atoms with Crippen LogP contribution in [-0.4, -0.2) is 39.9 Å². The Morgan fingerprint density at radius 2 is 1.80 bits per heavy atom. The quantitative estimate of drug-likeness (QED) is 0.427. The zero-order valence-corrected chi connectivity index (χ0v) is 20.0. The van der Waals surface area contributed by atoms with E-state index in [1.54, 1.807) is 18.2 Å². The van der Waals surface area contributed by atoms with Gasteiger partial charge in [0.05, 0.1) is 11.7 Å². The van der Waals surface area contributed by atoms with Gasteiger partial charge in [-0.3, -0.25) is 0 Å². The fourth-order valence-electron chi connectivity index (χ4n) is 4.25. The zero-order chi connectivity index (χ0) is 25.3. The minimum atomic E-state index is -4.56. The van der Waals surface area contributed by atoms with E-state index >= 15 is 0 Å². The van der Waals surface area contributed by atoms with Crippen LogP contribution >= 0.6 is 11.8 Å². The van der Waals surface area contributed by atoms with Crippen molar-refractivity contribution < 1.29 is 28.2 Å². The second kappa shape index (κ2) is 9.91. The molecule has 2 atom stereocenters. The number of aliphatic hydroxyl groups excluding tert-OH is 1. The highest BCUT2D eigenvalue weighted by atomic mass is 32.2. The van der Waals surface area contributed by atoms with Gasteiger partial charge in [-0.05, 0) is 52.9 Å². The molecule has 1 saturated heterocycles. The fourth-order valence-corrected chi connectivity index (χ4v) is 5.47. The van der Waals surface area contributed by atoms with Gasteiger partial charge in [0.25, 0.3) is 0 Å². The molecule has 2 heterocycles. The summed E-state index contributed by atoms with van der Waals surface area (Å²) in [6.45, 7) is 4.09. The first kappa shape index (κ1) is 25.1. The summed E-state index contributed by atoms with van der Waals surface area (Å²) < 4.78 is 42.3. The Bertz CT molecular complexity index is 1230. The lowest BCUT2D eigenvalue weighted by Crippen LogP contribution is -2.36. The van der Waals surface area contributed by atoms with Crippen LogP contribution in [0, 0.1) is 0 Å². The molecule has 1 aromatic heterocycles. The number of hydrogen-bond donors (Lipinski definition) is 2. The van der Waals surface area contributed by atoms with Crippen LogP contribution in [0.5, 0.6) is 0 Å². The number of hydrogen-bond acceptors (Lipinski definition) is 5. The molecule has 184 valence electrons. The summed E-state index contributed by atoms with van der Waals surface area (Å²) in [5.41, 5.74) is 1.06. The van der Waals surface area contributed by atoms with Crippen molar-refractivity contribution in [3.8, 4) is 11.1 Å². The van der Waals surface area contributed by atoms with Crippen LogP contribution < -0.4 is 4.90 Å². The predicted molar refractivity (Wildman–Crippen MR) is 129 cm³/mol. The molecule has 1 aliphatic rings. The number of halogens is 3. The average molecular weight is 503 g/mol. The van der Waals surface area contributed by atoms with Crippen LogP contribution in [-0.2, 0) is 11.0 Å². The molecule has 35 heavy (non-hydrogen) atoms. The minimum Gasteiger partial charge on any atom is -0.480 e. The number of alkyl halides is 3. The summed E-state index contributed by atoms with van der Waals surface area (Å²) in [6.07, 6.45) is -3.88. The van der Waals surface area contributed by atoms with Gasteiger partial charge in [-0.2, -0.15) is 13.2 Å². The van der Waals surface area contributed by atoms with Crippen LogP contribution in [0.25, 0.3) is 11.1 Å². The number of carbonyl (C=O) groups is 1. The average Bonchev–Trinajstić information content (AvgIpc) is 3.21. The Hall–Kier alpha value is -3.04. The molecule has 3 aromatic rings. The lowest BCUT2D eigenvalue weighted by atomic mass is 10.0. The highest BCUT2D eigenvalue weighted by molar-refractivity contribution is 7.99. The fraction of sp³-hybridized carbons (Fsp3) is 0.308. The van der Waals surface area contributed by atoms with Crippen molar-refractivity contribution in [2.24, 2.45) is 0 Å². The third kappa shape index (κ3) is 5.46. The highest BCUT2D eigenvalue weighted by Crippen LogP contribution is 2.43. The lowest BCUT2D eigenvalue weighted by molar-refractivity contribution is -0.140. The number of anilines is 1. The van der Waals surface area contributed by atoms with E-state index in [9.17, 15) is 28.2 Å². The summed E-state index contributed by atoms with van der Waals surface area (Å²) in [6, 6.07) is 13.9. The van der Waals surface area contributed by atoms with Gasteiger partial charge in [-0.1, -0.05) is 49.9 Å². The smallest absolute Gasteiger partial charge is 0.417 e. The lowest BCUT2D eigenvalue weighted by Gasteiger charge is -2.23. The maximum Gasteiger partial charge on any atom is 0.417 e. The number of aromatic nitrogens is 1. The van der Waals surface area contributed by atoms with Crippen molar-refractivity contribution in [1.29, 1.82) is 0 Å². The second-order valence-corrected chi connectivity index (χ2v) is 9.89. The number of carboxylic acid groups (broad SMARTS) is 1. The SMILES string of the molecule is CC(C)c1ccccc1Sc1ccc(-c2ccnc(N3C[C@H](O)C[C@@H]3C(=O)O)c2)cc1C(F)(F)F. The van der Waals surface area contributed by atoms with Gasteiger partial charge >= 0.3 is 12.1 Å². The van der Waals surface area contributed by atoms with Crippen LogP contribution in [0.1, 0.15) is 37.3 Å². The van der Waals surface area contributed by atoms with Gasteiger partial charge in [-0.15, -0.1) is 0 Å². The van der Waals surface area contributed by atoms with E-state index < -0.39 is 29.9 Å². The summed E-state index contributed by atoms with van der Waals surface area (Å²) in [4.78, 5) is 18.1. The molecular weight excluding hydrogens is 477 g/mol. The van der Waals surface area contributed by atoms with E-state index in [0.29, 0.717) is 16.9 Å². The molecule has 9 heteroatoms. The van der Waals surface area contributed by atoms with E-state index in [0.717, 1.165) is 28.3 Å². The molecule has 5 nitrogen and oxygen atoms in total. The van der Waals surface area contributed by atoms with Crippen molar-refractivity contribution in [2.45, 2.75) is 54.3 Å². The summed E-state index contributed by atoms with van der Waals surface area (Å²) >= 11 is 1.09. The first-order chi connectivity index (χ1) is 16.5. The monoisotopic (exact) mass is 502 g/mol. The van der Waals surface area contributed by atoms with E-state index in [2.05, 4.69) is 4.98 Å². The maximum atomic E-state index is 14.1. The third-order valence-corrected chi connectivity index (χ3v) is 7.15. The molecule has 0 amide bonds. The van der Waals surface area contributed by atoms with Crippen LogP contribution in [0.15, 0.2) is 70.6 Å². The molecule has 2 N–H and O–H groups in total. The Balaban J connectivity index is 1.71. The van der Waals surface area contributed by atoms with Crippen molar-refractivity contribution in [3.63, 3.8) is 0 Å². The highest BCUT2D eigenvalue weighted by Gasteiger charge is 2.37. The Morgan fingerprint density at radius 3 is 2.49 bits per heavy atom. The van der Waals surface area contributed by atoms with Gasteiger partial charge in [0.15, 0.2) is 0 Å². The number of β-amino-alcohol motifs (C(OH)–C–C–N with tert-alkyl or cyclic N) is 1. The van der Waals surface area contributed by atoms with Gasteiger partial charge in [-0.25, -0.2) is 9.78 Å². The normalized spacial score (nSPS) is 18.3. The van der Waals surface area contributed by atoms with Gasteiger partial charge < -0.3 is 15.1 Å². The minimum absolute atomic E-state index is 0.0588. The third-order valence-electron chi connectivity index (χ3n) is 5.98. The van der Waals surface area contributed by atoms with Gasteiger partial charge in [0, 0.05) is 29.0 Å². The van der Waals surface area contributed by atoms with E-state index in [1.165, 1.54) is 17.2 Å². The first-order valence-electron chi connectivity index (χ1n) is 11.2. The Kier molecular flexibility index (Phi) is 7.10. The van der Waals surface area contributed by atoms with E-state index in [1.807, 2.05) is 38.1 Å². The van der Waals surface area contributed by atoms with Crippen molar-refractivity contribution in [1.82, 2.24) is 4.98 Å². The maximum absolute atomic E-state index is 14.1. The van der Waals surface area contributed by atoms with Crippen molar-refractivity contribution in [2.75, 3.05) is 11.4 Å². The molecule has 0 saturated carbocycles. The van der Waals surface area contributed by atoms with Gasteiger partial charge in [0.1, 0.15) is 11.9 Å². The molecular formula is C26H25F3N2O3S. The summed E-state index contributed by atoms with van der Waals surface area (Å²) in [5.74, 6) is -0.623. The van der Waals surface area contributed by atoms with Crippen molar-refractivity contribution in [3.05, 3.63) is 71.9 Å². The molecule has 0 unspecified atom stereocenters. The Labute approximate surface area is 205 Å². The summed E-state index contributed by atoms with van der Waals surface area (Å²) in [7, 11) is 0. The summed E-state index contributed by atoms with van der Waals surface area (Å²) in [5, 5.41) is 19.4. The number of benzene rings is 2. The van der Waals surface area contributed by atoms with E-state index in [-0.39, 0.29) is 23.8 Å². The van der Waals surface area contributed by atoms with Gasteiger partial charge in [0.2, 0.25) is 0 Å². The van der Waals surface area contributed by atoms with Crippen molar-refractivity contribution >= 4 is 23.5 Å². The largest absolute Gasteiger partial charge is 0.480 e. The first-order valence-corrected chi connectivity index (χ1v) is 12.0. The zero-order valence-electron chi connectivity index (χ0n) is 19.2. The molecule has 1 fully saturated rings. The Morgan fingerprint density at radius 1 is 1.09 bits per heavy atom. The predicted octanol–water partition coefficient (Wildman–Crippen LogP) is 6.07. The molecule has 0 radical (unpaired) electrons. The number of nitrogens with zero attached hydrogens (tertiary/aromatic N) is 2. The molecule has 0 spiro atoms. The molecule has 4 rings (SSSR count). The standard InChI is InChI=1S/C26H25F3N2O3S/c1-15(2)19-5-3-4-6-22(19)35-23-8-7-16(11-20(23)26(27,28)29)17-9-10-30-24(12-17)31-14-18(32)13-21(31)25(33)34/h3-12,15,18,21,32H,13-14H2,1-2H3,(H,33,34)/t18-,21-/m1/s1. The van der Waals surface area contributed by atoms with E-state index in [4.69, 9.17) is 0 Å². The number of pyridine rings is 1. The second-order valence-electron chi connectivity index (χ2n) is 8.80. The topological polar surface area (TPSA) is 73.7 Å². The number of aliphatic hydroxyl groups is 1. The number of rotatable bonds is 6. The van der Waals surface area contributed by atoms with Crippen LogP contribution in [0.2, 0.25) is 0 Å². The molecule has 1 aliphatic heterocycles. The molecule has 0 bridgehead atoms. The van der Waals surface area contributed by atoms with Crippen LogP contribution in [0.3, 0.4) is 0 Å². The number of aliphatic carboxylic acids is 1. The number of carboxylic acids is 1. The van der Waals surface area contributed by atoms with Crippen LogP contribution in [0.4, 0.5) is 19.0 Å². The molecule has 2 aromatic carbocycles. The molecule has 0 aliphatic carbocycles.